The summed E-state index contributed by atoms with van der Waals surface area (Å²) in [6.45, 7) is 19.9. The van der Waals surface area contributed by atoms with Crippen LogP contribution in [0.5, 0.6) is 0 Å². The SMILES string of the molecule is C=C(C)[C@@H]1CCC2(COC(=O)c3ccncc3)CC[C@]3(C)C(CCC4[C@@]5(C)CCC(OC(=O)c6ccncc6)C(C)(C)C5CC[C@]43C)C12. The van der Waals surface area contributed by atoms with Crippen molar-refractivity contribution in [3.63, 3.8) is 0 Å². The summed E-state index contributed by atoms with van der Waals surface area (Å²) in [5.41, 5.74) is 3.00. The van der Waals surface area contributed by atoms with Crippen molar-refractivity contribution in [2.45, 2.75) is 112 Å². The number of carbonyl (C=O) groups excluding carboxylic acids is 2. The molecule has 5 fully saturated rings. The number of ether oxygens (including phenoxy) is 2. The van der Waals surface area contributed by atoms with Crippen molar-refractivity contribution in [3.05, 3.63) is 72.3 Å². The number of allylic oxidation sites excluding steroid dienone is 1. The van der Waals surface area contributed by atoms with Gasteiger partial charge in [0.25, 0.3) is 0 Å². The summed E-state index contributed by atoms with van der Waals surface area (Å²) in [6.07, 6.45) is 18.0. The molecule has 5 aliphatic rings. The van der Waals surface area contributed by atoms with E-state index < -0.39 is 0 Å². The molecule has 10 atom stereocenters. The van der Waals surface area contributed by atoms with E-state index in [1.165, 1.54) is 37.7 Å². The van der Waals surface area contributed by atoms with E-state index in [4.69, 9.17) is 9.47 Å². The Labute approximate surface area is 287 Å². The van der Waals surface area contributed by atoms with Crippen LogP contribution in [0.3, 0.4) is 0 Å². The van der Waals surface area contributed by atoms with Gasteiger partial charge in [-0.25, -0.2) is 9.59 Å². The molecule has 258 valence electrons. The Hall–Kier alpha value is -3.02. The van der Waals surface area contributed by atoms with E-state index in [-0.39, 0.29) is 45.1 Å². The van der Waals surface area contributed by atoms with Gasteiger partial charge in [0, 0.05) is 35.6 Å². The maximum absolute atomic E-state index is 13.2. The number of rotatable bonds is 6. The highest BCUT2D eigenvalue weighted by molar-refractivity contribution is 5.89. The lowest BCUT2D eigenvalue weighted by atomic mass is 9.32. The third-order valence-electron chi connectivity index (χ3n) is 15.8. The molecule has 0 aliphatic heterocycles. The molecule has 6 unspecified atom stereocenters. The van der Waals surface area contributed by atoms with Crippen LogP contribution in [0.1, 0.15) is 126 Å². The average molecular weight is 653 g/mol. The summed E-state index contributed by atoms with van der Waals surface area (Å²) >= 11 is 0. The predicted molar refractivity (Wildman–Crippen MR) is 187 cm³/mol. The Morgan fingerprint density at radius 3 is 2.04 bits per heavy atom. The van der Waals surface area contributed by atoms with Gasteiger partial charge in [0.1, 0.15) is 6.10 Å². The second kappa shape index (κ2) is 11.8. The number of pyridine rings is 2. The fraction of sp³-hybridized carbons (Fsp3) is 0.667. The molecule has 0 amide bonds. The predicted octanol–water partition coefficient (Wildman–Crippen LogP) is 9.52. The van der Waals surface area contributed by atoms with Crippen LogP contribution >= 0.6 is 0 Å². The fourth-order valence-corrected chi connectivity index (χ4v) is 13.2. The largest absolute Gasteiger partial charge is 0.461 e. The van der Waals surface area contributed by atoms with Crippen molar-refractivity contribution in [1.29, 1.82) is 0 Å². The van der Waals surface area contributed by atoms with E-state index in [1.807, 2.05) is 0 Å². The van der Waals surface area contributed by atoms with Crippen LogP contribution in [-0.2, 0) is 9.47 Å². The van der Waals surface area contributed by atoms with Gasteiger partial charge in [0.2, 0.25) is 0 Å². The highest BCUT2D eigenvalue weighted by Crippen LogP contribution is 2.77. The molecule has 2 heterocycles. The second-order valence-electron chi connectivity index (χ2n) is 17.9. The van der Waals surface area contributed by atoms with Crippen molar-refractivity contribution in [2.24, 2.45) is 56.7 Å². The van der Waals surface area contributed by atoms with Crippen molar-refractivity contribution < 1.29 is 19.1 Å². The van der Waals surface area contributed by atoms with Crippen LogP contribution < -0.4 is 0 Å². The molecule has 2 aromatic rings. The van der Waals surface area contributed by atoms with Crippen LogP contribution in [0.25, 0.3) is 0 Å². The van der Waals surface area contributed by atoms with E-state index in [0.29, 0.717) is 47.3 Å². The molecule has 6 nitrogen and oxygen atoms in total. The molecule has 6 heteroatoms. The van der Waals surface area contributed by atoms with Crippen LogP contribution in [0.4, 0.5) is 0 Å². The molecule has 7 rings (SSSR count). The van der Waals surface area contributed by atoms with Gasteiger partial charge >= 0.3 is 11.9 Å². The summed E-state index contributed by atoms with van der Waals surface area (Å²) in [7, 11) is 0. The second-order valence-corrected chi connectivity index (χ2v) is 17.9. The van der Waals surface area contributed by atoms with Crippen LogP contribution in [0, 0.1) is 56.7 Å². The van der Waals surface area contributed by atoms with E-state index >= 15 is 0 Å². The molecule has 5 aliphatic carbocycles. The number of fused-ring (bicyclic) bond motifs is 7. The molecule has 0 saturated heterocycles. The summed E-state index contributed by atoms with van der Waals surface area (Å²) in [4.78, 5) is 34.5. The molecule has 0 N–H and O–H groups in total. The Morgan fingerprint density at radius 1 is 0.750 bits per heavy atom. The van der Waals surface area contributed by atoms with E-state index in [2.05, 4.69) is 58.1 Å². The monoisotopic (exact) mass is 652 g/mol. The summed E-state index contributed by atoms with van der Waals surface area (Å²) in [5, 5.41) is 0. The first-order valence-corrected chi connectivity index (χ1v) is 18.6. The zero-order valence-corrected chi connectivity index (χ0v) is 30.1. The topological polar surface area (TPSA) is 78.4 Å². The van der Waals surface area contributed by atoms with E-state index in [1.54, 1.807) is 49.1 Å². The molecular formula is C42H56N2O4. The van der Waals surface area contributed by atoms with Crippen LogP contribution in [-0.4, -0.2) is 34.6 Å². The molecule has 48 heavy (non-hydrogen) atoms. The molecule has 0 radical (unpaired) electrons. The zero-order chi connectivity index (χ0) is 34.1. The van der Waals surface area contributed by atoms with Gasteiger partial charge in [-0.3, -0.25) is 9.97 Å². The highest BCUT2D eigenvalue weighted by atomic mass is 16.5. The molecule has 0 bridgehead atoms. The van der Waals surface area contributed by atoms with Crippen molar-refractivity contribution in [1.82, 2.24) is 9.97 Å². The maximum atomic E-state index is 13.2. The Kier molecular flexibility index (Phi) is 8.23. The Bertz CT molecular complexity index is 1560. The third-order valence-corrected chi connectivity index (χ3v) is 15.8. The molecule has 0 aromatic carbocycles. The van der Waals surface area contributed by atoms with Crippen molar-refractivity contribution in [2.75, 3.05) is 6.61 Å². The summed E-state index contributed by atoms with van der Waals surface area (Å²) in [5.74, 6) is 2.22. The van der Waals surface area contributed by atoms with Crippen LogP contribution in [0.2, 0.25) is 0 Å². The average Bonchev–Trinajstić information content (AvgIpc) is 3.46. The van der Waals surface area contributed by atoms with Gasteiger partial charge in [0.05, 0.1) is 17.7 Å². The summed E-state index contributed by atoms with van der Waals surface area (Å²) < 4.78 is 12.5. The zero-order valence-electron chi connectivity index (χ0n) is 30.1. The van der Waals surface area contributed by atoms with Crippen molar-refractivity contribution >= 4 is 11.9 Å². The lowest BCUT2D eigenvalue weighted by molar-refractivity contribution is -0.249. The van der Waals surface area contributed by atoms with Gasteiger partial charge in [-0.05, 0) is 141 Å². The smallest absolute Gasteiger partial charge is 0.338 e. The standard InChI is InChI=1S/C42H56N2O4/c1-27(2)30-10-19-42(26-47-36(45)28-13-22-43-23-14-28)21-20-40(6)31(35(30)42)8-9-33-39(5)17-12-34(48-37(46)29-15-24-44-25-16-29)38(3,4)32(39)11-18-41(33,40)7/h13-16,22-25,30-35H,1,8-12,17-21,26H2,2-7H3/t30-,31?,32?,33?,34?,35?,39-,40+,41+,42?/m0/s1. The molecule has 0 spiro atoms. The number of aromatic nitrogens is 2. The number of nitrogens with zero attached hydrogens (tertiary/aromatic N) is 2. The van der Waals surface area contributed by atoms with Gasteiger partial charge < -0.3 is 9.47 Å². The highest BCUT2D eigenvalue weighted by Gasteiger charge is 2.71. The number of esters is 2. The first-order chi connectivity index (χ1) is 22.8. The number of hydrogen-bond acceptors (Lipinski definition) is 6. The first-order valence-electron chi connectivity index (χ1n) is 18.6. The lowest BCUT2D eigenvalue weighted by Gasteiger charge is -2.73. The van der Waals surface area contributed by atoms with E-state index in [9.17, 15) is 9.59 Å². The van der Waals surface area contributed by atoms with Gasteiger partial charge in [-0.15, -0.1) is 0 Å². The van der Waals surface area contributed by atoms with Gasteiger partial charge in [-0.2, -0.15) is 0 Å². The Morgan fingerprint density at radius 2 is 1.40 bits per heavy atom. The quantitative estimate of drug-likeness (QED) is 0.229. The Balaban J connectivity index is 1.14. The third kappa shape index (κ3) is 4.93. The first kappa shape index (κ1) is 33.5. The van der Waals surface area contributed by atoms with Gasteiger partial charge in [-0.1, -0.05) is 46.8 Å². The molecular weight excluding hydrogens is 596 g/mol. The lowest BCUT2D eigenvalue weighted by Crippen LogP contribution is -2.67. The maximum Gasteiger partial charge on any atom is 0.338 e. The number of carbonyl (C=O) groups is 2. The van der Waals surface area contributed by atoms with Gasteiger partial charge in [0.15, 0.2) is 0 Å². The minimum atomic E-state index is -0.232. The van der Waals surface area contributed by atoms with Crippen LogP contribution in [0.15, 0.2) is 61.2 Å². The fourth-order valence-electron chi connectivity index (χ4n) is 13.2. The summed E-state index contributed by atoms with van der Waals surface area (Å²) in [6, 6.07) is 7.00. The minimum absolute atomic E-state index is 0.0134. The molecule has 2 aromatic heterocycles. The van der Waals surface area contributed by atoms with Crippen molar-refractivity contribution in [3.8, 4) is 0 Å². The van der Waals surface area contributed by atoms with E-state index in [0.717, 1.165) is 32.1 Å². The number of hydrogen-bond donors (Lipinski definition) is 0. The molecule has 5 saturated carbocycles. The minimum Gasteiger partial charge on any atom is -0.461 e. The normalized spacial score (nSPS) is 41.1.